The highest BCUT2D eigenvalue weighted by atomic mass is 16.3. The maximum atomic E-state index is 9.49. The summed E-state index contributed by atoms with van der Waals surface area (Å²) in [5, 5.41) is 9.49. The Labute approximate surface area is 99.2 Å². The number of nitrogens with one attached hydrogen (secondary N) is 1. The molecule has 0 atom stereocenters. The van der Waals surface area contributed by atoms with Gasteiger partial charge in [0.2, 0.25) is 0 Å². The van der Waals surface area contributed by atoms with Crippen LogP contribution in [0.25, 0.3) is 11.6 Å². The van der Waals surface area contributed by atoms with E-state index in [0.717, 1.165) is 22.5 Å². The zero-order valence-corrected chi connectivity index (χ0v) is 9.44. The van der Waals surface area contributed by atoms with Crippen molar-refractivity contribution in [3.05, 3.63) is 47.3 Å². The summed E-state index contributed by atoms with van der Waals surface area (Å²) in [6, 6.07) is 7.28. The van der Waals surface area contributed by atoms with Gasteiger partial charge in [0.05, 0.1) is 5.69 Å². The predicted molar refractivity (Wildman–Crippen MR) is 69.7 cm³/mol. The normalized spacial score (nSPS) is 15.5. The number of aromatic amines is 1. The number of aryl methyl sites for hydroxylation is 1. The molecule has 1 aliphatic heterocycles. The van der Waals surface area contributed by atoms with Gasteiger partial charge in [-0.1, -0.05) is 0 Å². The number of H-pyrrole nitrogens is 1. The quantitative estimate of drug-likeness (QED) is 0.767. The van der Waals surface area contributed by atoms with Gasteiger partial charge in [0, 0.05) is 29.2 Å². The number of aromatic hydroxyl groups is 1. The first-order chi connectivity index (χ1) is 8.22. The third-order valence-electron chi connectivity index (χ3n) is 2.79. The van der Waals surface area contributed by atoms with Crippen molar-refractivity contribution < 1.29 is 5.11 Å². The smallest absolute Gasteiger partial charge is 0.116 e. The number of phenolic OH excluding ortho intramolecular Hbond substituents is 1. The van der Waals surface area contributed by atoms with Crippen LogP contribution in [0.5, 0.6) is 5.75 Å². The molecular formula is C14H12N2O. The molecule has 0 radical (unpaired) electrons. The number of nitrogens with zero attached hydrogens (tertiary/aromatic N) is 1. The zero-order chi connectivity index (χ0) is 11.8. The summed E-state index contributed by atoms with van der Waals surface area (Å²) >= 11 is 0. The molecule has 2 heterocycles. The van der Waals surface area contributed by atoms with E-state index < -0.39 is 0 Å². The molecule has 3 nitrogen and oxygen atoms in total. The molecule has 1 aromatic carbocycles. The van der Waals surface area contributed by atoms with Gasteiger partial charge in [-0.2, -0.15) is 0 Å². The highest BCUT2D eigenvalue weighted by Gasteiger charge is 2.12. The van der Waals surface area contributed by atoms with Crippen LogP contribution >= 0.6 is 0 Å². The first kappa shape index (κ1) is 9.90. The highest BCUT2D eigenvalue weighted by molar-refractivity contribution is 6.21. The summed E-state index contributed by atoms with van der Waals surface area (Å²) in [6.45, 7) is 2.04. The standard InChI is InChI=1S/C14H12N2O/c1-9-4-11(15-7-9)5-10-8-16-14-3-2-12(17)6-13(10)14/h2-8,15,17H,1H3. The molecule has 0 amide bonds. The fourth-order valence-electron chi connectivity index (χ4n) is 1.97. The summed E-state index contributed by atoms with van der Waals surface area (Å²) in [6.07, 6.45) is 5.81. The van der Waals surface area contributed by atoms with Crippen molar-refractivity contribution in [2.45, 2.75) is 6.92 Å². The minimum absolute atomic E-state index is 0.266. The number of hydrogen-bond acceptors (Lipinski definition) is 2. The van der Waals surface area contributed by atoms with E-state index in [1.165, 1.54) is 5.56 Å². The number of aromatic nitrogens is 1. The molecule has 0 saturated heterocycles. The van der Waals surface area contributed by atoms with Crippen molar-refractivity contribution in [2.75, 3.05) is 0 Å². The van der Waals surface area contributed by atoms with Crippen LogP contribution in [0.1, 0.15) is 16.8 Å². The second kappa shape index (κ2) is 3.63. The second-order valence-electron chi connectivity index (χ2n) is 4.19. The molecule has 3 rings (SSSR count). The number of aliphatic imine (C=N–C) groups is 1. The third kappa shape index (κ3) is 1.76. The lowest BCUT2D eigenvalue weighted by Gasteiger charge is -2.00. The van der Waals surface area contributed by atoms with Crippen LogP contribution in [0.3, 0.4) is 0 Å². The summed E-state index contributed by atoms with van der Waals surface area (Å²) in [4.78, 5) is 7.48. The Hall–Kier alpha value is -2.29. The van der Waals surface area contributed by atoms with Gasteiger partial charge in [0.1, 0.15) is 5.75 Å². The van der Waals surface area contributed by atoms with E-state index in [0.29, 0.717) is 0 Å². The van der Waals surface area contributed by atoms with Crippen LogP contribution < -0.4 is 0 Å². The van der Waals surface area contributed by atoms with Gasteiger partial charge in [-0.3, -0.25) is 4.99 Å². The van der Waals surface area contributed by atoms with E-state index in [-0.39, 0.29) is 5.75 Å². The topological polar surface area (TPSA) is 48.4 Å². The van der Waals surface area contributed by atoms with Crippen LogP contribution in [0.2, 0.25) is 0 Å². The predicted octanol–water partition coefficient (Wildman–Crippen LogP) is 3.29. The van der Waals surface area contributed by atoms with Crippen molar-refractivity contribution in [1.29, 1.82) is 0 Å². The Morgan fingerprint density at radius 3 is 2.94 bits per heavy atom. The van der Waals surface area contributed by atoms with Crippen molar-refractivity contribution >= 4 is 23.6 Å². The van der Waals surface area contributed by atoms with E-state index in [1.54, 1.807) is 12.1 Å². The molecule has 84 valence electrons. The van der Waals surface area contributed by atoms with Crippen LogP contribution in [-0.4, -0.2) is 16.3 Å². The van der Waals surface area contributed by atoms with Gasteiger partial charge >= 0.3 is 0 Å². The second-order valence-corrected chi connectivity index (χ2v) is 4.19. The van der Waals surface area contributed by atoms with E-state index in [2.05, 4.69) is 16.0 Å². The van der Waals surface area contributed by atoms with Crippen molar-refractivity contribution in [3.63, 3.8) is 0 Å². The number of allylic oxidation sites excluding steroid dienone is 1. The zero-order valence-electron chi connectivity index (χ0n) is 9.44. The van der Waals surface area contributed by atoms with Gasteiger partial charge in [-0.05, 0) is 42.8 Å². The van der Waals surface area contributed by atoms with Crippen molar-refractivity contribution in [3.8, 4) is 5.75 Å². The van der Waals surface area contributed by atoms with Crippen LogP contribution in [0.4, 0.5) is 5.69 Å². The molecule has 0 spiro atoms. The first-order valence-electron chi connectivity index (χ1n) is 5.46. The maximum absolute atomic E-state index is 9.49. The molecule has 0 unspecified atom stereocenters. The minimum Gasteiger partial charge on any atom is -0.508 e. The average Bonchev–Trinajstić information content (AvgIpc) is 2.87. The molecule has 0 saturated carbocycles. The Morgan fingerprint density at radius 1 is 1.29 bits per heavy atom. The van der Waals surface area contributed by atoms with Gasteiger partial charge in [-0.15, -0.1) is 0 Å². The van der Waals surface area contributed by atoms with Crippen LogP contribution in [-0.2, 0) is 0 Å². The Bertz CT molecular complexity index is 635. The summed E-state index contributed by atoms with van der Waals surface area (Å²) in [5.74, 6) is 0.266. The summed E-state index contributed by atoms with van der Waals surface area (Å²) in [5.41, 5.74) is 5.12. The Morgan fingerprint density at radius 2 is 2.18 bits per heavy atom. The van der Waals surface area contributed by atoms with Gasteiger partial charge in [-0.25, -0.2) is 0 Å². The lowest BCUT2D eigenvalue weighted by atomic mass is 10.1. The lowest BCUT2D eigenvalue weighted by Crippen LogP contribution is -1.80. The number of phenols is 1. The van der Waals surface area contributed by atoms with Crippen molar-refractivity contribution in [1.82, 2.24) is 4.98 Å². The SMILES string of the molecule is Cc1c[nH]c(C=C2C=Nc3ccc(O)cc32)c1. The molecule has 0 fully saturated rings. The van der Waals surface area contributed by atoms with Crippen LogP contribution in [0, 0.1) is 6.92 Å². The fraction of sp³-hybridized carbons (Fsp3) is 0.0714. The van der Waals surface area contributed by atoms with Crippen molar-refractivity contribution in [2.24, 2.45) is 4.99 Å². The number of fused-ring (bicyclic) bond motifs is 1. The van der Waals surface area contributed by atoms with E-state index in [9.17, 15) is 5.11 Å². The summed E-state index contributed by atoms with van der Waals surface area (Å²) in [7, 11) is 0. The lowest BCUT2D eigenvalue weighted by molar-refractivity contribution is 0.475. The molecule has 0 bridgehead atoms. The van der Waals surface area contributed by atoms with E-state index >= 15 is 0 Å². The average molecular weight is 224 g/mol. The number of hydrogen-bond donors (Lipinski definition) is 2. The van der Waals surface area contributed by atoms with Gasteiger partial charge < -0.3 is 10.1 Å². The maximum Gasteiger partial charge on any atom is 0.116 e. The third-order valence-corrected chi connectivity index (χ3v) is 2.79. The Kier molecular flexibility index (Phi) is 2.11. The van der Waals surface area contributed by atoms with Crippen LogP contribution in [0.15, 0.2) is 35.5 Å². The number of rotatable bonds is 1. The monoisotopic (exact) mass is 224 g/mol. The van der Waals surface area contributed by atoms with Gasteiger partial charge in [0.25, 0.3) is 0 Å². The minimum atomic E-state index is 0.266. The molecule has 3 heteroatoms. The molecule has 17 heavy (non-hydrogen) atoms. The molecule has 1 aromatic heterocycles. The molecule has 0 aliphatic carbocycles. The fourth-order valence-corrected chi connectivity index (χ4v) is 1.97. The summed E-state index contributed by atoms with van der Waals surface area (Å²) < 4.78 is 0. The van der Waals surface area contributed by atoms with E-state index in [4.69, 9.17) is 0 Å². The molecule has 2 N–H and O–H groups in total. The molecular weight excluding hydrogens is 212 g/mol. The number of benzene rings is 1. The molecule has 1 aliphatic rings. The Balaban J connectivity index is 2.06. The largest absolute Gasteiger partial charge is 0.508 e. The highest BCUT2D eigenvalue weighted by Crippen LogP contribution is 2.34. The van der Waals surface area contributed by atoms with Gasteiger partial charge in [0.15, 0.2) is 0 Å². The molecule has 2 aromatic rings. The first-order valence-corrected chi connectivity index (χ1v) is 5.46. The van der Waals surface area contributed by atoms with E-state index in [1.807, 2.05) is 31.5 Å².